The summed E-state index contributed by atoms with van der Waals surface area (Å²) in [5, 5.41) is 2.19. The Bertz CT molecular complexity index is 3620. The first-order valence-corrected chi connectivity index (χ1v) is 26.6. The van der Waals surface area contributed by atoms with E-state index in [1.807, 2.05) is 66.7 Å². The molecule has 8 heteroatoms. The molecule has 0 saturated carbocycles. The number of piperazine rings is 2. The van der Waals surface area contributed by atoms with Crippen molar-refractivity contribution in [2.75, 3.05) is 79.1 Å². The lowest BCUT2D eigenvalue weighted by Gasteiger charge is -2.40. The molecule has 13 rings (SSSR count). The van der Waals surface area contributed by atoms with E-state index in [1.165, 1.54) is 33.6 Å². The Morgan fingerprint density at radius 1 is 0.526 bits per heavy atom. The number of methoxy groups -OCH3 is 1. The smallest absolute Gasteiger partial charge is 0.343 e. The number of para-hydroxylation sites is 1. The van der Waals surface area contributed by atoms with Gasteiger partial charge >= 0.3 is 5.97 Å². The Kier molecular flexibility index (Phi) is 11.9. The second kappa shape index (κ2) is 19.2. The number of carbonyl (C=O) groups is 1. The fourth-order valence-electron chi connectivity index (χ4n) is 12.3. The van der Waals surface area contributed by atoms with Gasteiger partial charge in [0, 0.05) is 96.9 Å². The Hall–Kier alpha value is -8.75. The zero-order valence-electron chi connectivity index (χ0n) is 43.3. The molecule has 8 nitrogen and oxygen atoms in total. The molecule has 376 valence electrons. The van der Waals surface area contributed by atoms with Gasteiger partial charge in [0.05, 0.1) is 18.4 Å². The van der Waals surface area contributed by atoms with Crippen LogP contribution >= 0.6 is 0 Å². The van der Waals surface area contributed by atoms with Gasteiger partial charge in [0.15, 0.2) is 5.60 Å². The van der Waals surface area contributed by atoms with Gasteiger partial charge in [-0.2, -0.15) is 0 Å². The van der Waals surface area contributed by atoms with Crippen LogP contribution in [-0.4, -0.2) is 65.4 Å². The van der Waals surface area contributed by atoms with Crippen molar-refractivity contribution in [1.29, 1.82) is 0 Å². The first-order valence-electron chi connectivity index (χ1n) is 26.6. The summed E-state index contributed by atoms with van der Waals surface area (Å²) in [6.07, 6.45) is 4.63. The molecule has 3 heterocycles. The SMILES string of the molecule is COc1cc2c3c(c4c(c2cc1N1CCN(c2ccc(OC(=O)c5ccc(-c6ccccc6)cc5)cc2)CC1)-c1ccccc1C4(C)C)C=CC(c1ccccc1)(c1ccc(N2CCN(c4ccccc4)CC2)cc1)O3. The first-order chi connectivity index (χ1) is 37.3. The molecule has 2 fully saturated rings. The largest absolute Gasteiger partial charge is 0.495 e. The monoisotopic (exact) mass is 996 g/mol. The predicted molar refractivity (Wildman–Crippen MR) is 310 cm³/mol. The van der Waals surface area contributed by atoms with Crippen LogP contribution in [0.3, 0.4) is 0 Å². The molecule has 1 atom stereocenters. The second-order valence-electron chi connectivity index (χ2n) is 20.9. The second-order valence-corrected chi connectivity index (χ2v) is 20.9. The van der Waals surface area contributed by atoms with Crippen molar-refractivity contribution in [3.05, 3.63) is 240 Å². The van der Waals surface area contributed by atoms with Gasteiger partial charge in [-0.1, -0.05) is 147 Å². The van der Waals surface area contributed by atoms with Gasteiger partial charge in [0.1, 0.15) is 17.2 Å². The van der Waals surface area contributed by atoms with Gasteiger partial charge in [0.2, 0.25) is 0 Å². The van der Waals surface area contributed by atoms with E-state index in [4.69, 9.17) is 14.2 Å². The summed E-state index contributed by atoms with van der Waals surface area (Å²) < 4.78 is 20.0. The highest BCUT2D eigenvalue weighted by molar-refractivity contribution is 6.10. The van der Waals surface area contributed by atoms with Crippen LogP contribution in [0.2, 0.25) is 0 Å². The van der Waals surface area contributed by atoms with E-state index in [9.17, 15) is 4.79 Å². The number of rotatable bonds is 10. The molecule has 2 saturated heterocycles. The third-order valence-electron chi connectivity index (χ3n) is 16.4. The number of benzene rings is 9. The summed E-state index contributed by atoms with van der Waals surface area (Å²) in [5.41, 5.74) is 14.5. The zero-order valence-corrected chi connectivity index (χ0v) is 43.3. The first kappa shape index (κ1) is 47.0. The summed E-state index contributed by atoms with van der Waals surface area (Å²) in [7, 11) is 1.78. The van der Waals surface area contributed by atoms with Crippen molar-refractivity contribution in [3.8, 4) is 39.5 Å². The minimum Gasteiger partial charge on any atom is -0.495 e. The van der Waals surface area contributed by atoms with Gasteiger partial charge in [-0.3, -0.25) is 0 Å². The minimum absolute atomic E-state index is 0.287. The number of hydrogen-bond acceptors (Lipinski definition) is 8. The molecule has 9 aromatic carbocycles. The maximum atomic E-state index is 13.2. The number of fused-ring (bicyclic) bond motifs is 8. The minimum atomic E-state index is -0.896. The number of hydrogen-bond donors (Lipinski definition) is 0. The van der Waals surface area contributed by atoms with E-state index in [0.717, 1.165) is 114 Å². The van der Waals surface area contributed by atoms with E-state index in [0.29, 0.717) is 11.3 Å². The lowest BCUT2D eigenvalue weighted by Crippen LogP contribution is -2.46. The fraction of sp³-hybridized carbons (Fsp3) is 0.191. The summed E-state index contributed by atoms with van der Waals surface area (Å²) in [4.78, 5) is 23.0. The number of anilines is 4. The third kappa shape index (κ3) is 8.20. The van der Waals surface area contributed by atoms with E-state index in [-0.39, 0.29) is 11.4 Å². The normalized spacial score (nSPS) is 17.4. The fourth-order valence-corrected chi connectivity index (χ4v) is 12.3. The van der Waals surface area contributed by atoms with Crippen LogP contribution in [0.4, 0.5) is 22.7 Å². The predicted octanol–water partition coefficient (Wildman–Crippen LogP) is 14.0. The molecule has 0 N–H and O–H groups in total. The van der Waals surface area contributed by atoms with E-state index >= 15 is 0 Å². The molecular weight excluding hydrogens is 937 g/mol. The topological polar surface area (TPSA) is 57.7 Å². The van der Waals surface area contributed by atoms with E-state index in [2.05, 4.69) is 179 Å². The summed E-state index contributed by atoms with van der Waals surface area (Å²) in [6.45, 7) is 11.8. The molecule has 0 amide bonds. The maximum absolute atomic E-state index is 13.2. The van der Waals surface area contributed by atoms with E-state index in [1.54, 1.807) is 7.11 Å². The average molecular weight is 997 g/mol. The molecule has 76 heavy (non-hydrogen) atoms. The van der Waals surface area contributed by atoms with Crippen LogP contribution in [0.5, 0.6) is 17.2 Å². The van der Waals surface area contributed by atoms with Crippen molar-refractivity contribution in [1.82, 2.24) is 0 Å². The van der Waals surface area contributed by atoms with Crippen LogP contribution in [0, 0.1) is 0 Å². The number of nitrogens with zero attached hydrogens (tertiary/aromatic N) is 4. The van der Waals surface area contributed by atoms with Gasteiger partial charge in [-0.05, 0) is 118 Å². The van der Waals surface area contributed by atoms with Crippen molar-refractivity contribution in [2.24, 2.45) is 0 Å². The number of carbonyl (C=O) groups excluding carboxylic acids is 1. The molecule has 1 aliphatic carbocycles. The van der Waals surface area contributed by atoms with Gasteiger partial charge in [-0.15, -0.1) is 0 Å². The zero-order chi connectivity index (χ0) is 51.4. The molecule has 1 unspecified atom stereocenters. The molecule has 0 bridgehead atoms. The average Bonchev–Trinajstić information content (AvgIpc) is 3.88. The standard InChI is InChI=1S/C68H60N4O4/c1-67(2)60-22-14-13-21-56(60)63-58-45-61(72-43-41-71(42-44-72)54-31-33-55(34-32-54)75-66(73)49-25-23-48(24-26-49)47-15-7-4-8-16-47)62(74-3)46-59(58)65-57(64(63)67)35-36-68(76-65,50-17-9-5-10-18-50)51-27-29-53(30-28-51)70-39-37-69(38-40-70)52-19-11-6-12-20-52/h4-36,45-46H,37-44H2,1-3H3. The molecule has 4 aliphatic rings. The van der Waals surface area contributed by atoms with E-state index < -0.39 is 5.60 Å². The lowest BCUT2D eigenvalue weighted by molar-refractivity contribution is 0.0734. The number of esters is 1. The molecule has 0 aromatic heterocycles. The molecule has 0 radical (unpaired) electrons. The highest BCUT2D eigenvalue weighted by Gasteiger charge is 2.45. The quantitative estimate of drug-likeness (QED) is 0.0992. The molecule has 9 aromatic rings. The number of ether oxygens (including phenoxy) is 3. The van der Waals surface area contributed by atoms with Gasteiger partial charge < -0.3 is 33.8 Å². The Labute approximate surface area is 445 Å². The molecule has 3 aliphatic heterocycles. The van der Waals surface area contributed by atoms with Crippen molar-refractivity contribution in [3.63, 3.8) is 0 Å². The van der Waals surface area contributed by atoms with Crippen LogP contribution < -0.4 is 33.8 Å². The van der Waals surface area contributed by atoms with Gasteiger partial charge in [-0.25, -0.2) is 4.79 Å². The van der Waals surface area contributed by atoms with Crippen LogP contribution in [0.25, 0.3) is 39.1 Å². The summed E-state index contributed by atoms with van der Waals surface area (Å²) in [6, 6.07) is 69.6. The van der Waals surface area contributed by atoms with Crippen molar-refractivity contribution < 1.29 is 19.0 Å². The Morgan fingerprint density at radius 3 is 1.68 bits per heavy atom. The van der Waals surface area contributed by atoms with Crippen LogP contribution in [0.15, 0.2) is 206 Å². The Morgan fingerprint density at radius 2 is 1.05 bits per heavy atom. The van der Waals surface area contributed by atoms with Gasteiger partial charge in [0.25, 0.3) is 0 Å². The summed E-state index contributed by atoms with van der Waals surface area (Å²) >= 11 is 0. The Balaban J connectivity index is 0.798. The highest BCUT2D eigenvalue weighted by Crippen LogP contribution is 2.59. The summed E-state index contributed by atoms with van der Waals surface area (Å²) in [5.74, 6) is 1.82. The molecular formula is C68H60N4O4. The highest BCUT2D eigenvalue weighted by atomic mass is 16.5. The molecule has 0 spiro atoms. The maximum Gasteiger partial charge on any atom is 0.343 e. The van der Waals surface area contributed by atoms with Crippen LogP contribution in [-0.2, 0) is 11.0 Å². The lowest BCUT2D eigenvalue weighted by atomic mass is 9.76. The van der Waals surface area contributed by atoms with Crippen molar-refractivity contribution in [2.45, 2.75) is 24.9 Å². The van der Waals surface area contributed by atoms with Crippen LogP contribution in [0.1, 0.15) is 52.0 Å². The van der Waals surface area contributed by atoms with Crippen molar-refractivity contribution >= 4 is 45.6 Å². The third-order valence-corrected chi connectivity index (χ3v) is 16.4.